The van der Waals surface area contributed by atoms with E-state index in [0.717, 1.165) is 49.0 Å². The number of nitrogens with zero attached hydrogens (tertiary/aromatic N) is 2. The van der Waals surface area contributed by atoms with Crippen LogP contribution in [0.1, 0.15) is 24.8 Å². The summed E-state index contributed by atoms with van der Waals surface area (Å²) in [7, 11) is 1.78. The van der Waals surface area contributed by atoms with Gasteiger partial charge in [-0.2, -0.15) is 0 Å². The summed E-state index contributed by atoms with van der Waals surface area (Å²) in [6, 6.07) is 17.7. The summed E-state index contributed by atoms with van der Waals surface area (Å²) in [5, 5.41) is 3.44. The third-order valence-electron chi connectivity index (χ3n) is 4.90. The predicted molar refractivity (Wildman–Crippen MR) is 127 cm³/mol. The number of hydrogen-bond donors (Lipinski definition) is 2. The van der Waals surface area contributed by atoms with Gasteiger partial charge in [-0.1, -0.05) is 36.4 Å². The maximum Gasteiger partial charge on any atom is 0.217 e. The maximum absolute atomic E-state index is 11.3. The fraction of sp³-hybridized carbons (Fsp3) is 0.364. The van der Waals surface area contributed by atoms with Crippen molar-refractivity contribution in [3.63, 3.8) is 0 Å². The second-order valence-electron chi connectivity index (χ2n) is 7.05. The van der Waals surface area contributed by atoms with Gasteiger partial charge in [0.25, 0.3) is 0 Å². The van der Waals surface area contributed by atoms with Crippen molar-refractivity contribution in [2.24, 2.45) is 16.6 Å². The number of nitrogens with one attached hydrogen (secondary N) is 1. The third-order valence-corrected chi connectivity index (χ3v) is 4.90. The average molecular weight is 508 g/mol. The van der Waals surface area contributed by atoms with Crippen molar-refractivity contribution >= 4 is 35.8 Å². The summed E-state index contributed by atoms with van der Waals surface area (Å²) in [5.41, 5.74) is 6.43. The summed E-state index contributed by atoms with van der Waals surface area (Å²) in [4.78, 5) is 17.9. The van der Waals surface area contributed by atoms with E-state index in [2.05, 4.69) is 15.2 Å². The Kier molecular flexibility index (Phi) is 9.24. The number of piperidine rings is 1. The molecule has 0 bridgehead atoms. The van der Waals surface area contributed by atoms with E-state index in [1.54, 1.807) is 7.05 Å². The van der Waals surface area contributed by atoms with Gasteiger partial charge in [0.05, 0.1) is 0 Å². The van der Waals surface area contributed by atoms with Crippen molar-refractivity contribution in [1.29, 1.82) is 0 Å². The van der Waals surface area contributed by atoms with Crippen molar-refractivity contribution in [3.8, 4) is 11.5 Å². The highest BCUT2D eigenvalue weighted by Crippen LogP contribution is 2.25. The molecule has 0 saturated carbocycles. The minimum absolute atomic E-state index is 0. The van der Waals surface area contributed by atoms with E-state index in [0.29, 0.717) is 18.9 Å². The number of ether oxygens (including phenoxy) is 1. The van der Waals surface area contributed by atoms with Crippen molar-refractivity contribution in [2.45, 2.75) is 25.8 Å². The lowest BCUT2D eigenvalue weighted by molar-refractivity contribution is -0.119. The van der Waals surface area contributed by atoms with Crippen LogP contribution < -0.4 is 15.8 Å². The molecule has 3 rings (SSSR count). The standard InChI is InChI=1S/C22H28N4O2.HI/c1-24-22(26-13-7-8-17(16-26)14-21(23)27)25-15-18-9-5-6-12-20(18)28-19-10-3-2-4-11-19;/h2-6,9-12,17H,7-8,13-16H2,1H3,(H2,23,27)(H,24,25);1H. The topological polar surface area (TPSA) is 80.0 Å². The zero-order valence-corrected chi connectivity index (χ0v) is 19.0. The zero-order valence-electron chi connectivity index (χ0n) is 16.7. The quantitative estimate of drug-likeness (QED) is 0.354. The van der Waals surface area contributed by atoms with Crippen molar-refractivity contribution in [2.75, 3.05) is 20.1 Å². The first kappa shape index (κ1) is 23.0. The number of carbonyl (C=O) groups excluding carboxylic acids is 1. The van der Waals surface area contributed by atoms with Crippen LogP contribution >= 0.6 is 24.0 Å². The van der Waals surface area contributed by atoms with Crippen LogP contribution in [0.4, 0.5) is 0 Å². The molecule has 3 N–H and O–H groups in total. The molecule has 2 aromatic carbocycles. The van der Waals surface area contributed by atoms with E-state index in [1.807, 2.05) is 54.6 Å². The Labute approximate surface area is 189 Å². The van der Waals surface area contributed by atoms with Gasteiger partial charge in [0, 0.05) is 38.7 Å². The molecule has 1 aliphatic heterocycles. The number of benzene rings is 2. The first-order valence-electron chi connectivity index (χ1n) is 9.70. The van der Waals surface area contributed by atoms with Gasteiger partial charge in [0.1, 0.15) is 11.5 Å². The number of carbonyl (C=O) groups is 1. The average Bonchev–Trinajstić information content (AvgIpc) is 2.70. The molecule has 1 aliphatic rings. The van der Waals surface area contributed by atoms with Gasteiger partial charge in [-0.25, -0.2) is 0 Å². The smallest absolute Gasteiger partial charge is 0.217 e. The van der Waals surface area contributed by atoms with E-state index < -0.39 is 0 Å². The highest BCUT2D eigenvalue weighted by molar-refractivity contribution is 14.0. The van der Waals surface area contributed by atoms with E-state index in [4.69, 9.17) is 10.5 Å². The highest BCUT2D eigenvalue weighted by atomic mass is 127. The Morgan fingerprint density at radius 2 is 1.93 bits per heavy atom. The molecule has 2 aromatic rings. The molecular formula is C22H29IN4O2. The maximum atomic E-state index is 11.3. The molecule has 1 atom stereocenters. The molecule has 1 amide bonds. The van der Waals surface area contributed by atoms with E-state index in [1.165, 1.54) is 0 Å². The van der Waals surface area contributed by atoms with E-state index in [-0.39, 0.29) is 29.9 Å². The molecular weight excluding hydrogens is 479 g/mol. The van der Waals surface area contributed by atoms with Crippen molar-refractivity contribution in [3.05, 3.63) is 60.2 Å². The van der Waals surface area contributed by atoms with Gasteiger partial charge in [-0.05, 0) is 37.0 Å². The molecule has 0 radical (unpaired) electrons. The summed E-state index contributed by atoms with van der Waals surface area (Å²) in [6.07, 6.45) is 2.50. The van der Waals surface area contributed by atoms with Gasteiger partial charge in [0.15, 0.2) is 5.96 Å². The van der Waals surface area contributed by atoms with Gasteiger partial charge in [0.2, 0.25) is 5.91 Å². The van der Waals surface area contributed by atoms with Crippen LogP contribution in [-0.4, -0.2) is 36.9 Å². The number of nitrogens with two attached hydrogens (primary N) is 1. The normalized spacial score (nSPS) is 16.7. The lowest BCUT2D eigenvalue weighted by Crippen LogP contribution is -2.46. The van der Waals surface area contributed by atoms with E-state index >= 15 is 0 Å². The van der Waals surface area contributed by atoms with Gasteiger partial charge in [-0.3, -0.25) is 9.79 Å². The molecule has 1 fully saturated rings. The minimum atomic E-state index is -0.234. The van der Waals surface area contributed by atoms with Crippen LogP contribution in [0.2, 0.25) is 0 Å². The molecule has 1 heterocycles. The Hall–Kier alpha value is -2.29. The number of halogens is 1. The monoisotopic (exact) mass is 508 g/mol. The number of rotatable bonds is 6. The molecule has 7 heteroatoms. The molecule has 156 valence electrons. The van der Waals surface area contributed by atoms with Gasteiger partial charge in [-0.15, -0.1) is 24.0 Å². The second kappa shape index (κ2) is 11.6. The van der Waals surface area contributed by atoms with Crippen LogP contribution in [0.15, 0.2) is 59.6 Å². The number of primary amides is 1. The molecule has 1 saturated heterocycles. The largest absolute Gasteiger partial charge is 0.457 e. The third kappa shape index (κ3) is 6.92. The molecule has 6 nitrogen and oxygen atoms in total. The SMILES string of the molecule is CN=C(NCc1ccccc1Oc1ccccc1)N1CCCC(CC(N)=O)C1.I. The Balaban J connectivity index is 0.00000300. The first-order valence-corrected chi connectivity index (χ1v) is 9.70. The predicted octanol–water partition coefficient (Wildman–Crippen LogP) is 3.76. The minimum Gasteiger partial charge on any atom is -0.457 e. The van der Waals surface area contributed by atoms with Crippen LogP contribution in [0.5, 0.6) is 11.5 Å². The second-order valence-corrected chi connectivity index (χ2v) is 7.05. The highest BCUT2D eigenvalue weighted by Gasteiger charge is 2.23. The number of aliphatic imine (C=N–C) groups is 1. The summed E-state index contributed by atoms with van der Waals surface area (Å²) >= 11 is 0. The molecule has 0 aromatic heterocycles. The zero-order chi connectivity index (χ0) is 19.8. The fourth-order valence-electron chi connectivity index (χ4n) is 3.58. The molecule has 0 aliphatic carbocycles. The van der Waals surface area contributed by atoms with Crippen LogP contribution in [0, 0.1) is 5.92 Å². The van der Waals surface area contributed by atoms with E-state index in [9.17, 15) is 4.79 Å². The van der Waals surface area contributed by atoms with Crippen molar-refractivity contribution in [1.82, 2.24) is 10.2 Å². The molecule has 1 unspecified atom stereocenters. The first-order chi connectivity index (χ1) is 13.7. The summed E-state index contributed by atoms with van der Waals surface area (Å²) in [6.45, 7) is 2.33. The summed E-state index contributed by atoms with van der Waals surface area (Å²) in [5.74, 6) is 2.52. The number of likely N-dealkylation sites (tertiary alicyclic amines) is 1. The molecule has 0 spiro atoms. The lowest BCUT2D eigenvalue weighted by atomic mass is 9.95. The van der Waals surface area contributed by atoms with Gasteiger partial charge < -0.3 is 20.7 Å². The Morgan fingerprint density at radius 3 is 2.66 bits per heavy atom. The summed E-state index contributed by atoms with van der Waals surface area (Å²) < 4.78 is 6.04. The van der Waals surface area contributed by atoms with Crippen LogP contribution in [0.3, 0.4) is 0 Å². The number of guanidine groups is 1. The van der Waals surface area contributed by atoms with Crippen molar-refractivity contribution < 1.29 is 9.53 Å². The number of amides is 1. The Bertz CT molecular complexity index is 813. The molecule has 29 heavy (non-hydrogen) atoms. The van der Waals surface area contributed by atoms with Gasteiger partial charge >= 0.3 is 0 Å². The van der Waals surface area contributed by atoms with Crippen LogP contribution in [-0.2, 0) is 11.3 Å². The number of hydrogen-bond acceptors (Lipinski definition) is 3. The Morgan fingerprint density at radius 1 is 1.21 bits per heavy atom. The lowest BCUT2D eigenvalue weighted by Gasteiger charge is -2.34. The fourth-order valence-corrected chi connectivity index (χ4v) is 3.58. The number of para-hydroxylation sites is 2. The van der Waals surface area contributed by atoms with Crippen LogP contribution in [0.25, 0.3) is 0 Å².